The number of aromatic amines is 1. The van der Waals surface area contributed by atoms with Gasteiger partial charge in [0.1, 0.15) is 0 Å². The first-order chi connectivity index (χ1) is 13.2. The molecule has 3 rings (SSSR count). The van der Waals surface area contributed by atoms with Crippen molar-refractivity contribution in [2.45, 2.75) is 19.8 Å². The lowest BCUT2D eigenvalue weighted by Crippen LogP contribution is -2.34. The zero-order chi connectivity index (χ0) is 19.2. The Hall–Kier alpha value is -3.08. The molecular formula is C22H23NO4. The fraction of sp³-hybridized carbons (Fsp3) is 0.273. The van der Waals surface area contributed by atoms with Crippen LogP contribution in [0.4, 0.5) is 0 Å². The highest BCUT2D eigenvalue weighted by Crippen LogP contribution is 2.37. The number of rotatable bonds is 7. The number of hydrogen-bond acceptors (Lipinski definition) is 4. The maximum Gasteiger partial charge on any atom is 0.321 e. The third kappa shape index (κ3) is 3.87. The van der Waals surface area contributed by atoms with Gasteiger partial charge in [0.05, 0.1) is 13.2 Å². The third-order valence-corrected chi connectivity index (χ3v) is 4.53. The van der Waals surface area contributed by atoms with Crippen molar-refractivity contribution in [1.82, 2.24) is 4.98 Å². The van der Waals surface area contributed by atoms with Gasteiger partial charge in [0, 0.05) is 23.0 Å². The van der Waals surface area contributed by atoms with Gasteiger partial charge in [-0.05, 0) is 31.0 Å². The summed E-state index contributed by atoms with van der Waals surface area (Å²) in [4.78, 5) is 28.8. The molecule has 0 fully saturated rings. The van der Waals surface area contributed by atoms with Gasteiger partial charge in [-0.3, -0.25) is 9.59 Å². The van der Waals surface area contributed by atoms with Gasteiger partial charge in [0.25, 0.3) is 0 Å². The van der Waals surface area contributed by atoms with Gasteiger partial charge in [-0.1, -0.05) is 48.5 Å². The van der Waals surface area contributed by atoms with Crippen molar-refractivity contribution in [3.63, 3.8) is 0 Å². The van der Waals surface area contributed by atoms with Gasteiger partial charge in [0.2, 0.25) is 0 Å². The molecule has 0 bridgehead atoms. The summed E-state index contributed by atoms with van der Waals surface area (Å²) in [6, 6.07) is 17.3. The number of H-pyrrole nitrogens is 1. The molecule has 0 radical (unpaired) electrons. The van der Waals surface area contributed by atoms with Crippen molar-refractivity contribution in [2.24, 2.45) is 5.92 Å². The SMILES string of the molecule is CCOC(=O)C(C(=O)OCC)[C@H](c1ccccc1)c1c[nH]c2ccccc12. The summed E-state index contributed by atoms with van der Waals surface area (Å²) in [5, 5.41) is 0.963. The maximum absolute atomic E-state index is 12.8. The van der Waals surface area contributed by atoms with E-state index in [2.05, 4.69) is 4.98 Å². The zero-order valence-corrected chi connectivity index (χ0v) is 15.5. The fourth-order valence-corrected chi connectivity index (χ4v) is 3.40. The molecule has 0 aliphatic rings. The molecule has 0 unspecified atom stereocenters. The molecule has 0 spiro atoms. The van der Waals surface area contributed by atoms with E-state index in [-0.39, 0.29) is 13.2 Å². The molecule has 3 aromatic rings. The van der Waals surface area contributed by atoms with E-state index in [9.17, 15) is 9.59 Å². The Labute approximate surface area is 158 Å². The number of esters is 2. The molecule has 140 valence electrons. The van der Waals surface area contributed by atoms with Crippen LogP contribution in [0.2, 0.25) is 0 Å². The first kappa shape index (κ1) is 18.7. The van der Waals surface area contributed by atoms with E-state index < -0.39 is 23.8 Å². The van der Waals surface area contributed by atoms with Crippen LogP contribution in [0.15, 0.2) is 60.8 Å². The lowest BCUT2D eigenvalue weighted by molar-refractivity contribution is -0.162. The van der Waals surface area contributed by atoms with E-state index in [1.807, 2.05) is 60.8 Å². The van der Waals surface area contributed by atoms with Crippen LogP contribution >= 0.6 is 0 Å². The number of nitrogens with one attached hydrogen (secondary N) is 1. The van der Waals surface area contributed by atoms with Crippen LogP contribution < -0.4 is 0 Å². The van der Waals surface area contributed by atoms with Crippen LogP contribution in [0.1, 0.15) is 30.9 Å². The summed E-state index contributed by atoms with van der Waals surface area (Å²) in [7, 11) is 0. The number of carbonyl (C=O) groups excluding carboxylic acids is 2. The molecule has 2 aromatic carbocycles. The molecule has 0 saturated heterocycles. The van der Waals surface area contributed by atoms with Gasteiger partial charge in [-0.25, -0.2) is 0 Å². The monoisotopic (exact) mass is 365 g/mol. The molecule has 27 heavy (non-hydrogen) atoms. The van der Waals surface area contributed by atoms with E-state index in [0.717, 1.165) is 22.0 Å². The van der Waals surface area contributed by atoms with Crippen molar-refractivity contribution >= 4 is 22.8 Å². The number of benzene rings is 2. The fourth-order valence-electron chi connectivity index (χ4n) is 3.40. The second kappa shape index (κ2) is 8.54. The van der Waals surface area contributed by atoms with E-state index in [0.29, 0.717) is 0 Å². The minimum absolute atomic E-state index is 0.199. The summed E-state index contributed by atoms with van der Waals surface area (Å²) in [5.74, 6) is -2.74. The second-order valence-electron chi connectivity index (χ2n) is 6.16. The predicted molar refractivity (Wildman–Crippen MR) is 103 cm³/mol. The highest BCUT2D eigenvalue weighted by molar-refractivity contribution is 5.98. The highest BCUT2D eigenvalue weighted by atomic mass is 16.6. The molecule has 0 aliphatic heterocycles. The Morgan fingerprint density at radius 1 is 0.889 bits per heavy atom. The molecule has 0 aliphatic carbocycles. The molecule has 0 amide bonds. The van der Waals surface area contributed by atoms with Gasteiger partial charge in [0.15, 0.2) is 5.92 Å². The number of carbonyl (C=O) groups is 2. The lowest BCUT2D eigenvalue weighted by Gasteiger charge is -2.24. The van der Waals surface area contributed by atoms with Crippen molar-refractivity contribution in [3.05, 3.63) is 71.9 Å². The Balaban J connectivity index is 2.18. The van der Waals surface area contributed by atoms with Crippen LogP contribution in [0.5, 0.6) is 0 Å². The minimum atomic E-state index is -1.08. The normalized spacial score (nSPS) is 12.1. The summed E-state index contributed by atoms with van der Waals surface area (Å²) in [6.07, 6.45) is 1.85. The Bertz CT molecular complexity index is 898. The summed E-state index contributed by atoms with van der Waals surface area (Å²) >= 11 is 0. The zero-order valence-electron chi connectivity index (χ0n) is 15.5. The van der Waals surface area contributed by atoms with Crippen molar-refractivity contribution < 1.29 is 19.1 Å². The summed E-state index contributed by atoms with van der Waals surface area (Å²) < 4.78 is 10.5. The second-order valence-corrected chi connectivity index (χ2v) is 6.16. The van der Waals surface area contributed by atoms with Crippen molar-refractivity contribution in [3.8, 4) is 0 Å². The summed E-state index contributed by atoms with van der Waals surface area (Å²) in [6.45, 7) is 3.85. The number of ether oxygens (including phenoxy) is 2. The number of fused-ring (bicyclic) bond motifs is 1. The largest absolute Gasteiger partial charge is 0.465 e. The molecule has 1 aromatic heterocycles. The molecular weight excluding hydrogens is 342 g/mol. The van der Waals surface area contributed by atoms with Crippen LogP contribution in [-0.4, -0.2) is 30.1 Å². The Morgan fingerprint density at radius 3 is 2.11 bits per heavy atom. The van der Waals surface area contributed by atoms with E-state index in [4.69, 9.17) is 9.47 Å². The van der Waals surface area contributed by atoms with E-state index >= 15 is 0 Å². The van der Waals surface area contributed by atoms with Gasteiger partial charge in [-0.2, -0.15) is 0 Å². The van der Waals surface area contributed by atoms with Crippen LogP contribution in [0.3, 0.4) is 0 Å². The average Bonchev–Trinajstić information content (AvgIpc) is 3.10. The molecule has 5 heteroatoms. The predicted octanol–water partition coefficient (Wildman–Crippen LogP) is 4.04. The topological polar surface area (TPSA) is 68.4 Å². The minimum Gasteiger partial charge on any atom is -0.465 e. The maximum atomic E-state index is 12.8. The Kier molecular flexibility index (Phi) is 5.91. The van der Waals surface area contributed by atoms with Gasteiger partial charge < -0.3 is 14.5 Å². The van der Waals surface area contributed by atoms with Crippen molar-refractivity contribution in [2.75, 3.05) is 13.2 Å². The Morgan fingerprint density at radius 2 is 1.48 bits per heavy atom. The van der Waals surface area contributed by atoms with Crippen molar-refractivity contribution in [1.29, 1.82) is 0 Å². The number of hydrogen-bond donors (Lipinski definition) is 1. The van der Waals surface area contributed by atoms with E-state index in [1.165, 1.54) is 0 Å². The molecule has 1 N–H and O–H groups in total. The molecule has 5 nitrogen and oxygen atoms in total. The van der Waals surface area contributed by atoms with E-state index in [1.54, 1.807) is 13.8 Å². The molecule has 0 saturated carbocycles. The number of aromatic nitrogens is 1. The average molecular weight is 365 g/mol. The lowest BCUT2D eigenvalue weighted by atomic mass is 9.80. The van der Waals surface area contributed by atoms with Gasteiger partial charge in [-0.15, -0.1) is 0 Å². The quantitative estimate of drug-likeness (QED) is 0.507. The molecule has 1 atom stereocenters. The van der Waals surface area contributed by atoms with Crippen LogP contribution in [0.25, 0.3) is 10.9 Å². The summed E-state index contributed by atoms with van der Waals surface area (Å²) in [5.41, 5.74) is 2.66. The van der Waals surface area contributed by atoms with Crippen LogP contribution in [0, 0.1) is 5.92 Å². The first-order valence-electron chi connectivity index (χ1n) is 9.11. The van der Waals surface area contributed by atoms with Gasteiger partial charge >= 0.3 is 11.9 Å². The standard InChI is InChI=1S/C22H23NO4/c1-3-26-21(24)20(22(25)27-4-2)19(15-10-6-5-7-11-15)17-14-23-18-13-9-8-12-16(17)18/h5-14,19-20,23H,3-4H2,1-2H3/t19-/m1/s1. The number of para-hydroxylation sites is 1. The van der Waals surface area contributed by atoms with Crippen LogP contribution in [-0.2, 0) is 19.1 Å². The highest BCUT2D eigenvalue weighted by Gasteiger charge is 2.40. The smallest absolute Gasteiger partial charge is 0.321 e. The third-order valence-electron chi connectivity index (χ3n) is 4.53. The first-order valence-corrected chi connectivity index (χ1v) is 9.11. The molecule has 1 heterocycles.